The normalized spacial score (nSPS) is 10.9. The van der Waals surface area contributed by atoms with Crippen molar-refractivity contribution in [2.45, 2.75) is 0 Å². The molecule has 1 aromatic carbocycles. The summed E-state index contributed by atoms with van der Waals surface area (Å²) in [6.45, 7) is 0. The maximum atomic E-state index is 5.37. The van der Waals surface area contributed by atoms with E-state index in [1.54, 1.807) is 17.6 Å². The van der Waals surface area contributed by atoms with E-state index in [1.807, 2.05) is 58.7 Å². The number of thiocarbonyl (C=S) groups is 1. The summed E-state index contributed by atoms with van der Waals surface area (Å²) in [7, 11) is 0. The highest BCUT2D eigenvalue weighted by atomic mass is 32.1. The fourth-order valence-corrected chi connectivity index (χ4v) is 2.75. The van der Waals surface area contributed by atoms with E-state index in [2.05, 4.69) is 15.6 Å². The van der Waals surface area contributed by atoms with Gasteiger partial charge in [0.1, 0.15) is 5.69 Å². The predicted octanol–water partition coefficient (Wildman–Crippen LogP) is 2.77. The molecule has 3 N–H and O–H groups in total. The van der Waals surface area contributed by atoms with Crippen LogP contribution in [0.3, 0.4) is 0 Å². The number of hydrazone groups is 1. The van der Waals surface area contributed by atoms with Crippen molar-refractivity contribution in [2.24, 2.45) is 10.8 Å². The summed E-state index contributed by atoms with van der Waals surface area (Å²) in [6, 6.07) is 13.9. The molecule has 3 rings (SSSR count). The quantitative estimate of drug-likeness (QED) is 0.439. The van der Waals surface area contributed by atoms with Gasteiger partial charge in [0, 0.05) is 11.8 Å². The Bertz CT molecular complexity index is 791. The number of aromatic nitrogens is 2. The van der Waals surface area contributed by atoms with Gasteiger partial charge in [-0.1, -0.05) is 24.3 Å². The van der Waals surface area contributed by atoms with Crippen molar-refractivity contribution in [3.05, 3.63) is 59.6 Å². The summed E-state index contributed by atoms with van der Waals surface area (Å²) in [6.07, 6.45) is 3.59. The first-order valence-electron chi connectivity index (χ1n) is 6.51. The zero-order chi connectivity index (χ0) is 15.4. The van der Waals surface area contributed by atoms with Gasteiger partial charge in [-0.15, -0.1) is 11.3 Å². The highest BCUT2D eigenvalue weighted by molar-refractivity contribution is 7.80. The van der Waals surface area contributed by atoms with Crippen LogP contribution in [-0.2, 0) is 0 Å². The van der Waals surface area contributed by atoms with Crippen LogP contribution >= 0.6 is 23.6 Å². The van der Waals surface area contributed by atoms with Crippen molar-refractivity contribution in [3.8, 4) is 16.3 Å². The number of para-hydroxylation sites is 1. The highest BCUT2D eigenvalue weighted by Crippen LogP contribution is 2.26. The van der Waals surface area contributed by atoms with E-state index < -0.39 is 0 Å². The van der Waals surface area contributed by atoms with Crippen molar-refractivity contribution >= 4 is 34.9 Å². The minimum absolute atomic E-state index is 0.129. The van der Waals surface area contributed by atoms with E-state index in [9.17, 15) is 0 Å². The Kier molecular flexibility index (Phi) is 4.27. The molecule has 0 atom stereocenters. The van der Waals surface area contributed by atoms with Crippen LogP contribution in [0.25, 0.3) is 16.3 Å². The van der Waals surface area contributed by atoms with Crippen LogP contribution in [0.5, 0.6) is 0 Å². The van der Waals surface area contributed by atoms with Crippen molar-refractivity contribution in [3.63, 3.8) is 0 Å². The maximum absolute atomic E-state index is 5.37. The molecule has 0 aliphatic carbocycles. The lowest BCUT2D eigenvalue weighted by Crippen LogP contribution is -2.23. The molecule has 3 aromatic rings. The van der Waals surface area contributed by atoms with Crippen LogP contribution < -0.4 is 11.2 Å². The molecule has 0 radical (unpaired) electrons. The van der Waals surface area contributed by atoms with Gasteiger partial charge in [-0.3, -0.25) is 5.43 Å². The Balaban J connectivity index is 2.01. The zero-order valence-electron chi connectivity index (χ0n) is 11.5. The van der Waals surface area contributed by atoms with E-state index >= 15 is 0 Å². The van der Waals surface area contributed by atoms with Gasteiger partial charge in [0.25, 0.3) is 0 Å². The second kappa shape index (κ2) is 6.50. The molecular formula is C15H13N5S2. The fraction of sp³-hybridized carbons (Fsp3) is 0. The molecule has 0 unspecified atom stereocenters. The smallest absolute Gasteiger partial charge is 0.184 e. The summed E-state index contributed by atoms with van der Waals surface area (Å²) < 4.78 is 1.83. The lowest BCUT2D eigenvalue weighted by Gasteiger charge is -1.98. The van der Waals surface area contributed by atoms with Gasteiger partial charge in [-0.05, 0) is 35.8 Å². The number of nitrogens with two attached hydrogens (primary N) is 1. The number of rotatable bonds is 4. The minimum Gasteiger partial charge on any atom is -0.375 e. The lowest BCUT2D eigenvalue weighted by atomic mass is 10.2. The van der Waals surface area contributed by atoms with Gasteiger partial charge >= 0.3 is 0 Å². The van der Waals surface area contributed by atoms with Crippen LogP contribution in [0.4, 0.5) is 0 Å². The summed E-state index contributed by atoms with van der Waals surface area (Å²) in [5, 5.41) is 10.8. The third-order valence-electron chi connectivity index (χ3n) is 2.90. The average Bonchev–Trinajstić information content (AvgIpc) is 3.16. The van der Waals surface area contributed by atoms with Gasteiger partial charge in [0.2, 0.25) is 0 Å². The molecule has 0 amide bonds. The molecule has 0 bridgehead atoms. The number of nitrogens with zero attached hydrogens (tertiary/aromatic N) is 3. The topological polar surface area (TPSA) is 68.2 Å². The first-order chi connectivity index (χ1) is 10.7. The Morgan fingerprint density at radius 1 is 1.27 bits per heavy atom. The molecule has 0 saturated carbocycles. The number of hydrogen-bond donors (Lipinski definition) is 2. The van der Waals surface area contributed by atoms with Crippen LogP contribution in [0.2, 0.25) is 0 Å². The predicted molar refractivity (Wildman–Crippen MR) is 94.4 cm³/mol. The Hall–Kier alpha value is -2.51. The summed E-state index contributed by atoms with van der Waals surface area (Å²) >= 11 is 6.37. The van der Waals surface area contributed by atoms with Gasteiger partial charge in [0.05, 0.1) is 16.8 Å². The van der Waals surface area contributed by atoms with E-state index in [1.165, 1.54) is 0 Å². The van der Waals surface area contributed by atoms with Gasteiger partial charge in [-0.2, -0.15) is 10.2 Å². The second-order valence-corrected chi connectivity index (χ2v) is 5.81. The van der Waals surface area contributed by atoms with Crippen LogP contribution in [-0.4, -0.2) is 21.1 Å². The fourth-order valence-electron chi connectivity index (χ4n) is 1.96. The number of hydrogen-bond acceptors (Lipinski definition) is 4. The van der Waals surface area contributed by atoms with Gasteiger partial charge in [-0.25, -0.2) is 4.68 Å². The molecule has 7 heteroatoms. The Morgan fingerprint density at radius 2 is 2.09 bits per heavy atom. The minimum atomic E-state index is 0.129. The van der Waals surface area contributed by atoms with Crippen LogP contribution in [0.1, 0.15) is 5.56 Å². The van der Waals surface area contributed by atoms with Crippen LogP contribution in [0.15, 0.2) is 59.1 Å². The van der Waals surface area contributed by atoms with E-state index in [4.69, 9.17) is 18.0 Å². The number of nitrogens with one attached hydrogen (secondary N) is 1. The van der Waals surface area contributed by atoms with Crippen molar-refractivity contribution in [1.29, 1.82) is 0 Å². The Labute approximate surface area is 137 Å². The molecule has 2 aromatic heterocycles. The van der Waals surface area contributed by atoms with Gasteiger partial charge in [0.15, 0.2) is 5.11 Å². The monoisotopic (exact) mass is 327 g/mol. The van der Waals surface area contributed by atoms with Crippen LogP contribution in [0, 0.1) is 0 Å². The third kappa shape index (κ3) is 3.21. The molecule has 110 valence electrons. The molecule has 5 nitrogen and oxygen atoms in total. The first-order valence-corrected chi connectivity index (χ1v) is 7.80. The van der Waals surface area contributed by atoms with E-state index in [-0.39, 0.29) is 5.11 Å². The maximum Gasteiger partial charge on any atom is 0.184 e. The highest BCUT2D eigenvalue weighted by Gasteiger charge is 2.11. The van der Waals surface area contributed by atoms with Gasteiger partial charge < -0.3 is 5.73 Å². The molecule has 0 aliphatic heterocycles. The number of thiophene rings is 1. The van der Waals surface area contributed by atoms with E-state index in [0.29, 0.717) is 0 Å². The molecule has 0 saturated heterocycles. The van der Waals surface area contributed by atoms with Crippen molar-refractivity contribution in [2.75, 3.05) is 0 Å². The first kappa shape index (κ1) is 14.4. The van der Waals surface area contributed by atoms with Crippen molar-refractivity contribution < 1.29 is 0 Å². The summed E-state index contributed by atoms with van der Waals surface area (Å²) in [5.74, 6) is 0. The third-order valence-corrected chi connectivity index (χ3v) is 3.86. The molecular weight excluding hydrogens is 314 g/mol. The number of benzene rings is 1. The lowest BCUT2D eigenvalue weighted by molar-refractivity contribution is 0.885. The molecule has 0 fully saturated rings. The largest absolute Gasteiger partial charge is 0.375 e. The Morgan fingerprint density at radius 3 is 2.77 bits per heavy atom. The zero-order valence-corrected chi connectivity index (χ0v) is 13.1. The summed E-state index contributed by atoms with van der Waals surface area (Å²) in [5.41, 5.74) is 10.7. The SMILES string of the molecule is NC(=S)N/N=C/c1cn(-c2ccccc2)nc1-c1cccs1. The molecule has 2 heterocycles. The second-order valence-electron chi connectivity index (χ2n) is 4.42. The summed E-state index contributed by atoms with van der Waals surface area (Å²) in [4.78, 5) is 1.08. The van der Waals surface area contributed by atoms with E-state index in [0.717, 1.165) is 21.8 Å². The van der Waals surface area contributed by atoms with Crippen molar-refractivity contribution in [1.82, 2.24) is 15.2 Å². The molecule has 0 aliphatic rings. The standard InChI is InChI=1S/C15H13N5S2/c16-15(21)18-17-9-11-10-20(12-5-2-1-3-6-12)19-14(11)13-7-4-8-22-13/h1-10H,(H3,16,18,21)/b17-9+. The molecule has 22 heavy (non-hydrogen) atoms. The average molecular weight is 327 g/mol. The molecule has 0 spiro atoms.